The van der Waals surface area contributed by atoms with E-state index in [0.29, 0.717) is 0 Å². The topological polar surface area (TPSA) is 51.2 Å². The summed E-state index contributed by atoms with van der Waals surface area (Å²) in [6.45, 7) is 10.3. The Bertz CT molecular complexity index is 59.8. The molecule has 0 fully saturated rings. The third-order valence-electron chi connectivity index (χ3n) is 0. The average molecular weight is 583 g/mol. The normalized spacial score (nSPS) is 6.00. The minimum atomic E-state index is -0.167. The zero-order chi connectivity index (χ0) is 10.3. The van der Waals surface area contributed by atoms with Crippen LogP contribution in [0.15, 0.2) is 0 Å². The Morgan fingerprint density at radius 1 is 1.09 bits per heavy atom. The number of hydrogen-bond acceptors (Lipinski definition) is 3. The van der Waals surface area contributed by atoms with Gasteiger partial charge in [-0.05, 0) is 0 Å². The summed E-state index contributed by atoms with van der Waals surface area (Å²) < 4.78 is 0. The van der Waals surface area contributed by atoms with Crippen LogP contribution in [-0.2, 0) is 19.8 Å². The first-order valence-electron chi connectivity index (χ1n) is 1.49. The van der Waals surface area contributed by atoms with Crippen LogP contribution in [0.4, 0.5) is 0 Å². The van der Waals surface area contributed by atoms with Gasteiger partial charge in [-0.1, -0.05) is 0 Å². The van der Waals surface area contributed by atoms with Gasteiger partial charge in [0.15, 0.2) is 0 Å². The minimum absolute atomic E-state index is 0.167. The monoisotopic (exact) mass is 583 g/mol. The predicted octanol–water partition coefficient (Wildman–Crippen LogP) is 1.98. The average Bonchev–Trinajstić information content (AvgIpc) is 1.96. The van der Waals surface area contributed by atoms with Crippen LogP contribution in [0.2, 0.25) is 0 Å². The molecule has 3 nitrogen and oxygen atoms in total. The molecule has 0 spiro atoms. The number of carbonyl (C=O) groups excluding carboxylic acids is 3. The Hall–Kier alpha value is 1.82. The van der Waals surface area contributed by atoms with Gasteiger partial charge >= 0.3 is 64.7 Å². The van der Waals surface area contributed by atoms with E-state index in [9.17, 15) is 0 Å². The van der Waals surface area contributed by atoms with Gasteiger partial charge in [-0.15, -0.1) is 0 Å². The Labute approximate surface area is 104 Å². The zero-order valence-corrected chi connectivity index (χ0v) is 13.3. The first kappa shape index (κ1) is 23.0. The number of rotatable bonds is 0. The molecule has 0 aliphatic heterocycles. The van der Waals surface area contributed by atoms with E-state index in [2.05, 4.69) is 72.8 Å². The first-order chi connectivity index (χ1) is 5.15. The van der Waals surface area contributed by atoms with Crippen molar-refractivity contribution in [3.63, 3.8) is 0 Å². The summed E-state index contributed by atoms with van der Waals surface area (Å²) in [6.07, 6.45) is 1.50. The summed E-state index contributed by atoms with van der Waals surface area (Å²) in [7, 11) is 0. The summed E-state index contributed by atoms with van der Waals surface area (Å²) in [5.74, 6) is 0. The maximum absolute atomic E-state index is 8.68. The van der Waals surface area contributed by atoms with E-state index < -0.39 is 0 Å². The predicted molar refractivity (Wildman–Crippen MR) is 64.8 cm³/mol. The Kier molecular flexibility index (Phi) is 85.5. The van der Waals surface area contributed by atoms with E-state index in [1.54, 1.807) is 0 Å². The van der Waals surface area contributed by atoms with Crippen molar-refractivity contribution in [2.24, 2.45) is 0 Å². The van der Waals surface area contributed by atoms with Crippen LogP contribution < -0.4 is 0 Å². The van der Waals surface area contributed by atoms with Gasteiger partial charge < -0.3 is 28.0 Å². The molecule has 2 radical (unpaired) electrons. The third kappa shape index (κ3) is 343. The molecule has 0 heterocycles. The first-order valence-corrected chi connectivity index (χ1v) is 16.1. The fourth-order valence-electron chi connectivity index (χ4n) is 0. The second-order valence-corrected chi connectivity index (χ2v) is 38.2. The molecular formula is C4H3I3O3Rh-3. The molecule has 0 bridgehead atoms. The third-order valence-corrected chi connectivity index (χ3v) is 0. The van der Waals surface area contributed by atoms with Gasteiger partial charge in [-0.25, -0.2) is 0 Å². The van der Waals surface area contributed by atoms with Gasteiger partial charge in [-0.2, -0.15) is 6.92 Å². The van der Waals surface area contributed by atoms with Gasteiger partial charge in [0.25, 0.3) is 0 Å². The molecule has 0 rings (SSSR count). The van der Waals surface area contributed by atoms with Crippen molar-refractivity contribution in [1.29, 1.82) is 0 Å². The molecule has 0 saturated heterocycles. The molecule has 7 heteroatoms. The van der Waals surface area contributed by atoms with Crippen molar-refractivity contribution in [3.8, 4) is 0 Å². The number of hydrogen-bond donors (Lipinski definition) is 0. The van der Waals surface area contributed by atoms with Crippen LogP contribution in [0.3, 0.4) is 0 Å². The van der Waals surface area contributed by atoms with E-state index in [-0.39, 0.29) is 5.41 Å². The molecule has 0 aromatic rings. The summed E-state index contributed by atoms with van der Waals surface area (Å²) in [6, 6.07) is 0. The molecule has 0 atom stereocenters. The van der Waals surface area contributed by atoms with E-state index in [0.717, 1.165) is 0 Å². The van der Waals surface area contributed by atoms with Gasteiger partial charge in [-0.3, -0.25) is 6.29 Å². The van der Waals surface area contributed by atoms with E-state index in [1.165, 1.54) is 13.2 Å². The van der Waals surface area contributed by atoms with E-state index in [4.69, 9.17) is 14.4 Å². The van der Waals surface area contributed by atoms with Crippen molar-refractivity contribution in [2.75, 3.05) is 0 Å². The fraction of sp³-hybridized carbons (Fsp3) is 0.250. The van der Waals surface area contributed by atoms with Crippen LogP contribution >= 0.6 is 59.3 Å². The molecule has 0 amide bonds. The van der Waals surface area contributed by atoms with Crippen LogP contribution in [0.25, 0.3) is 0 Å². The van der Waals surface area contributed by atoms with Gasteiger partial charge in [0.1, 0.15) is 0 Å². The number of halogens is 3. The van der Waals surface area contributed by atoms with Crippen LogP contribution in [-0.4, -0.2) is 19.9 Å². The summed E-state index contributed by atoms with van der Waals surface area (Å²) in [5, 5.41) is -0.167. The maximum atomic E-state index is 8.68. The van der Waals surface area contributed by atoms with Gasteiger partial charge in [0.2, 0.25) is 0 Å². The molecule has 0 aliphatic carbocycles. The van der Waals surface area contributed by atoms with Crippen LogP contribution in [0.1, 0.15) is 6.92 Å². The van der Waals surface area contributed by atoms with E-state index >= 15 is 0 Å². The molecule has 0 aromatic heterocycles. The standard InChI is InChI=1S/C2H3O.2CO.3HI.Rh/c1-2-3;2*1-2;;;;/h1H3;;;3*1H;/q3*-1;;;;+3/p-3. The van der Waals surface area contributed by atoms with Crippen molar-refractivity contribution in [3.05, 3.63) is 0 Å². The molecule has 0 N–H and O–H groups in total. The second-order valence-electron chi connectivity index (χ2n) is 0.347. The second kappa shape index (κ2) is 40.8. The molecule has 0 aromatic carbocycles. The Balaban J connectivity index is -0.0000000315. The van der Waals surface area contributed by atoms with E-state index in [1.807, 2.05) is 0 Å². The van der Waals surface area contributed by atoms with Crippen molar-refractivity contribution < 1.29 is 19.8 Å². The summed E-state index contributed by atoms with van der Waals surface area (Å²) in [5.41, 5.74) is 0. The van der Waals surface area contributed by atoms with Crippen molar-refractivity contribution >= 4 is 79.1 Å². The summed E-state index contributed by atoms with van der Waals surface area (Å²) in [4.78, 5) is 23.7. The quantitative estimate of drug-likeness (QED) is 0.250. The molecule has 0 aliphatic rings. The van der Waals surface area contributed by atoms with Crippen LogP contribution in [0.5, 0.6) is 0 Å². The molecule has 11 heavy (non-hydrogen) atoms. The summed E-state index contributed by atoms with van der Waals surface area (Å²) >= 11 is 7.34. The zero-order valence-electron chi connectivity index (χ0n) is 5.19. The molecule has 0 unspecified atom stereocenters. The van der Waals surface area contributed by atoms with Crippen LogP contribution in [0, 0.1) is 0 Å². The van der Waals surface area contributed by atoms with Gasteiger partial charge in [0.05, 0.1) is 0 Å². The van der Waals surface area contributed by atoms with Crippen molar-refractivity contribution in [1.82, 2.24) is 0 Å². The molecule has 70 valence electrons. The molecule has 0 saturated carbocycles. The van der Waals surface area contributed by atoms with Gasteiger partial charge in [0, 0.05) is 0 Å². The Morgan fingerprint density at radius 3 is 1.09 bits per heavy atom. The SMILES string of the molecule is C[C-]=O.[C-]=O.[C-]=O.[I][Rh]([I])[I]. The van der Waals surface area contributed by atoms with Crippen molar-refractivity contribution in [2.45, 2.75) is 6.92 Å². The fourth-order valence-corrected chi connectivity index (χ4v) is 0. The molecular weight excluding hydrogens is 580 g/mol. The Morgan fingerprint density at radius 2 is 1.09 bits per heavy atom.